The molecule has 5 heteroatoms. The number of rotatable bonds is 4. The van der Waals surface area contributed by atoms with Crippen molar-refractivity contribution in [2.45, 2.75) is 6.54 Å². The van der Waals surface area contributed by atoms with Gasteiger partial charge in [-0.2, -0.15) is 0 Å². The van der Waals surface area contributed by atoms with Crippen molar-refractivity contribution in [3.8, 4) is 5.75 Å². The second kappa shape index (κ2) is 5.93. The van der Waals surface area contributed by atoms with Crippen LogP contribution in [0.1, 0.15) is 15.9 Å². The van der Waals surface area contributed by atoms with E-state index in [0.29, 0.717) is 16.8 Å². The molecule has 0 N–H and O–H groups in total. The number of nitrogens with zero attached hydrogens (tertiary/aromatic N) is 1. The summed E-state index contributed by atoms with van der Waals surface area (Å²) in [6.45, 7) is 0.528. The Kier molecular flexibility index (Phi) is 4.27. The lowest BCUT2D eigenvalue weighted by molar-refractivity contribution is 0.0783. The normalized spacial score (nSPS) is 10.3. The van der Waals surface area contributed by atoms with E-state index in [2.05, 4.69) is 15.9 Å². The van der Waals surface area contributed by atoms with E-state index in [4.69, 9.17) is 9.15 Å². The summed E-state index contributed by atoms with van der Waals surface area (Å²) < 4.78 is 10.6. The Bertz CT molecular complexity index is 562. The van der Waals surface area contributed by atoms with Crippen LogP contribution in [0.25, 0.3) is 0 Å². The molecule has 0 bridgehead atoms. The topological polar surface area (TPSA) is 42.7 Å². The lowest BCUT2D eigenvalue weighted by atomic mass is 10.2. The van der Waals surface area contributed by atoms with E-state index in [0.717, 1.165) is 11.3 Å². The first-order valence-electron chi connectivity index (χ1n) is 5.73. The van der Waals surface area contributed by atoms with E-state index in [1.807, 2.05) is 24.3 Å². The molecule has 0 saturated carbocycles. The fourth-order valence-corrected chi connectivity index (χ4v) is 2.14. The van der Waals surface area contributed by atoms with Crippen molar-refractivity contribution in [1.82, 2.24) is 4.90 Å². The van der Waals surface area contributed by atoms with Crippen molar-refractivity contribution in [1.29, 1.82) is 0 Å². The van der Waals surface area contributed by atoms with E-state index < -0.39 is 0 Å². The number of amides is 1. The molecule has 1 heterocycles. The summed E-state index contributed by atoms with van der Waals surface area (Å²) in [6.07, 6.45) is 1.48. The molecule has 19 heavy (non-hydrogen) atoms. The van der Waals surface area contributed by atoms with E-state index in [-0.39, 0.29) is 5.91 Å². The lowest BCUT2D eigenvalue weighted by Crippen LogP contribution is -2.26. The SMILES string of the molecule is COc1ccc(CN(C)C(=O)c2ccoc2Br)cc1. The maximum atomic E-state index is 12.2. The number of halogens is 1. The number of benzene rings is 1. The predicted octanol–water partition coefficient (Wildman–Crippen LogP) is 3.32. The van der Waals surface area contributed by atoms with Crippen molar-refractivity contribution in [2.75, 3.05) is 14.2 Å². The molecule has 1 aromatic carbocycles. The molecular formula is C14H14BrNO3. The quantitative estimate of drug-likeness (QED) is 0.866. The second-order valence-corrected chi connectivity index (χ2v) is 4.84. The minimum absolute atomic E-state index is 0.0866. The van der Waals surface area contributed by atoms with E-state index in [9.17, 15) is 4.79 Å². The summed E-state index contributed by atoms with van der Waals surface area (Å²) >= 11 is 3.21. The van der Waals surface area contributed by atoms with Gasteiger partial charge in [0, 0.05) is 13.6 Å². The highest BCUT2D eigenvalue weighted by atomic mass is 79.9. The van der Waals surface area contributed by atoms with Crippen LogP contribution in [0.2, 0.25) is 0 Å². The van der Waals surface area contributed by atoms with Crippen molar-refractivity contribution in [3.63, 3.8) is 0 Å². The standard InChI is InChI=1S/C14H14BrNO3/c1-16(14(17)12-7-8-19-13(12)15)9-10-3-5-11(18-2)6-4-10/h3-8H,9H2,1-2H3. The number of hydrogen-bond donors (Lipinski definition) is 0. The molecule has 1 aromatic heterocycles. The molecule has 0 atom stereocenters. The Balaban J connectivity index is 2.06. The average molecular weight is 324 g/mol. The van der Waals surface area contributed by atoms with Crippen LogP contribution in [0.4, 0.5) is 0 Å². The lowest BCUT2D eigenvalue weighted by Gasteiger charge is -2.16. The Morgan fingerprint density at radius 2 is 2.00 bits per heavy atom. The smallest absolute Gasteiger partial charge is 0.258 e. The molecule has 0 aliphatic carbocycles. The first-order chi connectivity index (χ1) is 9.11. The van der Waals surface area contributed by atoms with E-state index >= 15 is 0 Å². The highest BCUT2D eigenvalue weighted by molar-refractivity contribution is 9.10. The first kappa shape index (κ1) is 13.7. The van der Waals surface area contributed by atoms with Crippen molar-refractivity contribution >= 4 is 21.8 Å². The Morgan fingerprint density at radius 1 is 1.32 bits per heavy atom. The predicted molar refractivity (Wildman–Crippen MR) is 75.2 cm³/mol. The molecule has 0 radical (unpaired) electrons. The number of methoxy groups -OCH3 is 1. The van der Waals surface area contributed by atoms with Gasteiger partial charge in [-0.05, 0) is 39.7 Å². The van der Waals surface area contributed by atoms with Gasteiger partial charge in [-0.3, -0.25) is 4.79 Å². The van der Waals surface area contributed by atoms with Gasteiger partial charge in [-0.15, -0.1) is 0 Å². The Morgan fingerprint density at radius 3 is 2.53 bits per heavy atom. The average Bonchev–Trinajstić information content (AvgIpc) is 2.85. The molecule has 0 spiro atoms. The van der Waals surface area contributed by atoms with E-state index in [1.165, 1.54) is 6.26 Å². The van der Waals surface area contributed by atoms with Gasteiger partial charge in [0.15, 0.2) is 4.67 Å². The summed E-state index contributed by atoms with van der Waals surface area (Å²) in [5.74, 6) is 0.715. The molecule has 0 saturated heterocycles. The van der Waals surface area contributed by atoms with Gasteiger partial charge < -0.3 is 14.1 Å². The van der Waals surface area contributed by atoms with Gasteiger partial charge in [0.25, 0.3) is 5.91 Å². The molecule has 2 aromatic rings. The Hall–Kier alpha value is -1.75. The Labute approximate surface area is 120 Å². The molecule has 0 aliphatic heterocycles. The molecule has 1 amide bonds. The monoisotopic (exact) mass is 323 g/mol. The van der Waals surface area contributed by atoms with Crippen molar-refractivity contribution < 1.29 is 13.9 Å². The number of hydrogen-bond acceptors (Lipinski definition) is 3. The third-order valence-corrected chi connectivity index (χ3v) is 3.39. The number of furan rings is 1. The van der Waals surface area contributed by atoms with Gasteiger partial charge in [-0.25, -0.2) is 0 Å². The van der Waals surface area contributed by atoms with Crippen LogP contribution in [0.3, 0.4) is 0 Å². The maximum Gasteiger partial charge on any atom is 0.258 e. The van der Waals surface area contributed by atoms with Gasteiger partial charge in [-0.1, -0.05) is 12.1 Å². The molecule has 4 nitrogen and oxygen atoms in total. The maximum absolute atomic E-state index is 12.2. The number of ether oxygens (including phenoxy) is 1. The van der Waals surface area contributed by atoms with Crippen molar-refractivity contribution in [3.05, 3.63) is 52.4 Å². The number of carbonyl (C=O) groups is 1. The molecule has 2 rings (SSSR count). The van der Waals surface area contributed by atoms with Crippen LogP contribution >= 0.6 is 15.9 Å². The zero-order chi connectivity index (χ0) is 13.8. The molecule has 0 fully saturated rings. The molecule has 100 valence electrons. The molecule has 0 unspecified atom stereocenters. The third kappa shape index (κ3) is 3.17. The fourth-order valence-electron chi connectivity index (χ4n) is 1.73. The van der Waals surface area contributed by atoms with Crippen LogP contribution in [0, 0.1) is 0 Å². The minimum Gasteiger partial charge on any atom is -0.497 e. The van der Waals surface area contributed by atoms with Crippen LogP contribution in [0.15, 0.2) is 45.7 Å². The van der Waals surface area contributed by atoms with Gasteiger partial charge in [0.1, 0.15) is 5.75 Å². The minimum atomic E-state index is -0.0866. The number of carbonyl (C=O) groups excluding carboxylic acids is 1. The van der Waals surface area contributed by atoms with Gasteiger partial charge in [0.2, 0.25) is 0 Å². The highest BCUT2D eigenvalue weighted by Crippen LogP contribution is 2.20. The molecule has 0 aliphatic rings. The van der Waals surface area contributed by atoms with Crippen LogP contribution in [-0.4, -0.2) is 25.0 Å². The van der Waals surface area contributed by atoms with Gasteiger partial charge in [0.05, 0.1) is 18.9 Å². The summed E-state index contributed by atoms with van der Waals surface area (Å²) in [7, 11) is 3.38. The van der Waals surface area contributed by atoms with Crippen LogP contribution in [-0.2, 0) is 6.54 Å². The fraction of sp³-hybridized carbons (Fsp3) is 0.214. The summed E-state index contributed by atoms with van der Waals surface area (Å²) in [5.41, 5.74) is 1.56. The van der Waals surface area contributed by atoms with E-state index in [1.54, 1.807) is 25.1 Å². The van der Waals surface area contributed by atoms with Gasteiger partial charge >= 0.3 is 0 Å². The summed E-state index contributed by atoms with van der Waals surface area (Å²) in [4.78, 5) is 13.8. The van der Waals surface area contributed by atoms with Crippen LogP contribution in [0.5, 0.6) is 5.75 Å². The molecular weight excluding hydrogens is 310 g/mol. The second-order valence-electron chi connectivity index (χ2n) is 4.12. The zero-order valence-corrected chi connectivity index (χ0v) is 12.3. The highest BCUT2D eigenvalue weighted by Gasteiger charge is 2.17. The first-order valence-corrected chi connectivity index (χ1v) is 6.52. The van der Waals surface area contributed by atoms with Crippen molar-refractivity contribution in [2.24, 2.45) is 0 Å². The third-order valence-electron chi connectivity index (χ3n) is 2.77. The largest absolute Gasteiger partial charge is 0.497 e. The summed E-state index contributed by atoms with van der Waals surface area (Å²) in [5, 5.41) is 0. The summed E-state index contributed by atoms with van der Waals surface area (Å²) in [6, 6.07) is 9.28. The zero-order valence-electron chi connectivity index (χ0n) is 10.7. The van der Waals surface area contributed by atoms with Crippen LogP contribution < -0.4 is 4.74 Å².